The molecule has 0 bridgehead atoms. The summed E-state index contributed by atoms with van der Waals surface area (Å²) in [5.74, 6) is 1.78. The second kappa shape index (κ2) is 5.36. The molecule has 0 saturated carbocycles. The van der Waals surface area contributed by atoms with Crippen molar-refractivity contribution in [1.29, 1.82) is 0 Å². The van der Waals surface area contributed by atoms with Gasteiger partial charge in [-0.25, -0.2) is 9.97 Å². The van der Waals surface area contributed by atoms with Gasteiger partial charge in [0, 0.05) is 18.5 Å². The number of morpholine rings is 1. The summed E-state index contributed by atoms with van der Waals surface area (Å²) in [4.78, 5) is 11.5. The van der Waals surface area contributed by atoms with Gasteiger partial charge in [-0.3, -0.25) is 0 Å². The molecular weight excluding hydrogens is 238 g/mol. The molecule has 0 N–H and O–H groups in total. The third-order valence-electron chi connectivity index (χ3n) is 3.23. The fraction of sp³-hybridized carbons (Fsp3) is 0.333. The summed E-state index contributed by atoms with van der Waals surface area (Å²) < 4.78 is 5.41. The van der Waals surface area contributed by atoms with Crippen LogP contribution in [-0.2, 0) is 4.74 Å². The molecule has 0 unspecified atom stereocenters. The molecule has 1 saturated heterocycles. The Kier molecular flexibility index (Phi) is 3.42. The zero-order chi connectivity index (χ0) is 13.1. The summed E-state index contributed by atoms with van der Waals surface area (Å²) in [6.45, 7) is 5.27. The van der Waals surface area contributed by atoms with Crippen molar-refractivity contribution in [3.63, 3.8) is 0 Å². The SMILES string of the molecule is C/C=C/c1nc(N2CCOCC2)c2ccccc2n1. The Balaban J connectivity index is 2.13. The Morgan fingerprint density at radius 2 is 1.95 bits per heavy atom. The van der Waals surface area contributed by atoms with Gasteiger partial charge in [0.05, 0.1) is 18.7 Å². The fourth-order valence-electron chi connectivity index (χ4n) is 2.32. The highest BCUT2D eigenvalue weighted by molar-refractivity contribution is 5.90. The molecule has 0 radical (unpaired) electrons. The standard InChI is InChI=1S/C15H17N3O/c1-2-5-14-16-13-7-4-3-6-12(13)15(17-14)18-8-10-19-11-9-18/h2-7H,8-11H2,1H3/b5-2+. The molecule has 4 heteroatoms. The number of ether oxygens (including phenoxy) is 1. The number of rotatable bonds is 2. The molecule has 4 nitrogen and oxygen atoms in total. The summed E-state index contributed by atoms with van der Waals surface area (Å²) in [5.41, 5.74) is 0.993. The van der Waals surface area contributed by atoms with Gasteiger partial charge in [-0.2, -0.15) is 0 Å². The topological polar surface area (TPSA) is 38.2 Å². The van der Waals surface area contributed by atoms with Crippen LogP contribution in [0.25, 0.3) is 17.0 Å². The van der Waals surface area contributed by atoms with E-state index < -0.39 is 0 Å². The predicted octanol–water partition coefficient (Wildman–Crippen LogP) is 2.50. The zero-order valence-corrected chi connectivity index (χ0v) is 11.0. The molecule has 0 spiro atoms. The lowest BCUT2D eigenvalue weighted by molar-refractivity contribution is 0.122. The van der Waals surface area contributed by atoms with Gasteiger partial charge in [0.15, 0.2) is 5.82 Å². The number of nitrogens with zero attached hydrogens (tertiary/aromatic N) is 3. The maximum atomic E-state index is 5.41. The highest BCUT2D eigenvalue weighted by Gasteiger charge is 2.16. The van der Waals surface area contributed by atoms with E-state index in [-0.39, 0.29) is 0 Å². The average Bonchev–Trinajstić information content (AvgIpc) is 2.48. The first-order valence-corrected chi connectivity index (χ1v) is 6.60. The summed E-state index contributed by atoms with van der Waals surface area (Å²) in [6, 6.07) is 8.16. The number of allylic oxidation sites excluding steroid dienone is 1. The molecule has 98 valence electrons. The van der Waals surface area contributed by atoms with Crippen molar-refractivity contribution < 1.29 is 4.74 Å². The van der Waals surface area contributed by atoms with Crippen molar-refractivity contribution in [2.45, 2.75) is 6.92 Å². The van der Waals surface area contributed by atoms with E-state index >= 15 is 0 Å². The number of anilines is 1. The minimum Gasteiger partial charge on any atom is -0.378 e. The molecule has 2 heterocycles. The van der Waals surface area contributed by atoms with Gasteiger partial charge in [-0.1, -0.05) is 18.2 Å². The largest absolute Gasteiger partial charge is 0.378 e. The normalized spacial score (nSPS) is 16.4. The Morgan fingerprint density at radius 3 is 2.74 bits per heavy atom. The first-order chi connectivity index (χ1) is 9.38. The number of fused-ring (bicyclic) bond motifs is 1. The van der Waals surface area contributed by atoms with E-state index in [2.05, 4.69) is 20.9 Å². The Labute approximate surface area is 112 Å². The number of hydrogen-bond acceptors (Lipinski definition) is 4. The highest BCUT2D eigenvalue weighted by atomic mass is 16.5. The van der Waals surface area contributed by atoms with Gasteiger partial charge < -0.3 is 9.64 Å². The van der Waals surface area contributed by atoms with Crippen LogP contribution in [-0.4, -0.2) is 36.3 Å². The highest BCUT2D eigenvalue weighted by Crippen LogP contribution is 2.24. The fourth-order valence-corrected chi connectivity index (χ4v) is 2.32. The number of benzene rings is 1. The number of para-hydroxylation sites is 1. The molecule has 1 aliphatic heterocycles. The van der Waals surface area contributed by atoms with E-state index in [0.29, 0.717) is 0 Å². The van der Waals surface area contributed by atoms with Crippen LogP contribution < -0.4 is 4.90 Å². The van der Waals surface area contributed by atoms with E-state index in [0.717, 1.165) is 48.8 Å². The van der Waals surface area contributed by atoms with E-state index in [4.69, 9.17) is 4.74 Å². The minimum absolute atomic E-state index is 0.761. The van der Waals surface area contributed by atoms with Crippen LogP contribution in [0, 0.1) is 0 Å². The molecule has 19 heavy (non-hydrogen) atoms. The van der Waals surface area contributed by atoms with Crippen LogP contribution in [0.2, 0.25) is 0 Å². The number of aromatic nitrogens is 2. The molecule has 1 aliphatic rings. The molecular formula is C15H17N3O. The molecule has 1 aromatic heterocycles. The van der Waals surface area contributed by atoms with Gasteiger partial charge in [0.25, 0.3) is 0 Å². The van der Waals surface area contributed by atoms with Crippen LogP contribution in [0.1, 0.15) is 12.7 Å². The molecule has 3 rings (SSSR count). The average molecular weight is 255 g/mol. The second-order valence-corrected chi connectivity index (χ2v) is 4.52. The first kappa shape index (κ1) is 12.1. The van der Waals surface area contributed by atoms with Crippen LogP contribution in [0.15, 0.2) is 30.3 Å². The lowest BCUT2D eigenvalue weighted by Crippen LogP contribution is -2.37. The Bertz CT molecular complexity index is 603. The van der Waals surface area contributed by atoms with Crippen molar-refractivity contribution in [2.75, 3.05) is 31.2 Å². The van der Waals surface area contributed by atoms with Gasteiger partial charge in [0.1, 0.15) is 5.82 Å². The van der Waals surface area contributed by atoms with Crippen LogP contribution >= 0.6 is 0 Å². The minimum atomic E-state index is 0.761. The van der Waals surface area contributed by atoms with Crippen LogP contribution in [0.4, 0.5) is 5.82 Å². The lowest BCUT2D eigenvalue weighted by atomic mass is 10.2. The molecule has 0 amide bonds. The van der Waals surface area contributed by atoms with Gasteiger partial charge in [-0.15, -0.1) is 0 Å². The van der Waals surface area contributed by atoms with E-state index in [1.807, 2.05) is 37.3 Å². The molecule has 0 aliphatic carbocycles. The van der Waals surface area contributed by atoms with Crippen molar-refractivity contribution in [3.05, 3.63) is 36.2 Å². The summed E-state index contributed by atoms with van der Waals surface area (Å²) in [5, 5.41) is 1.11. The third-order valence-corrected chi connectivity index (χ3v) is 3.23. The van der Waals surface area contributed by atoms with Crippen LogP contribution in [0.5, 0.6) is 0 Å². The van der Waals surface area contributed by atoms with Gasteiger partial charge >= 0.3 is 0 Å². The molecule has 1 aromatic carbocycles. The maximum absolute atomic E-state index is 5.41. The second-order valence-electron chi connectivity index (χ2n) is 4.52. The summed E-state index contributed by atoms with van der Waals surface area (Å²) >= 11 is 0. The molecule has 1 fully saturated rings. The zero-order valence-electron chi connectivity index (χ0n) is 11.0. The predicted molar refractivity (Wildman–Crippen MR) is 77.3 cm³/mol. The van der Waals surface area contributed by atoms with Gasteiger partial charge in [-0.05, 0) is 25.1 Å². The van der Waals surface area contributed by atoms with Crippen LogP contribution in [0.3, 0.4) is 0 Å². The van der Waals surface area contributed by atoms with E-state index in [1.54, 1.807) is 0 Å². The van der Waals surface area contributed by atoms with Gasteiger partial charge in [0.2, 0.25) is 0 Å². The Hall–Kier alpha value is -1.94. The van der Waals surface area contributed by atoms with Crippen molar-refractivity contribution in [1.82, 2.24) is 9.97 Å². The number of hydrogen-bond donors (Lipinski definition) is 0. The summed E-state index contributed by atoms with van der Waals surface area (Å²) in [7, 11) is 0. The lowest BCUT2D eigenvalue weighted by Gasteiger charge is -2.28. The van der Waals surface area contributed by atoms with Crippen molar-refractivity contribution in [3.8, 4) is 0 Å². The molecule has 2 aromatic rings. The third kappa shape index (κ3) is 2.44. The Morgan fingerprint density at radius 1 is 1.16 bits per heavy atom. The molecule has 0 atom stereocenters. The maximum Gasteiger partial charge on any atom is 0.154 e. The van der Waals surface area contributed by atoms with E-state index in [9.17, 15) is 0 Å². The first-order valence-electron chi connectivity index (χ1n) is 6.60. The smallest absolute Gasteiger partial charge is 0.154 e. The van der Waals surface area contributed by atoms with E-state index in [1.165, 1.54) is 0 Å². The summed E-state index contributed by atoms with van der Waals surface area (Å²) in [6.07, 6.45) is 3.91. The van der Waals surface area contributed by atoms with Crippen molar-refractivity contribution >= 4 is 22.8 Å². The van der Waals surface area contributed by atoms with Crippen molar-refractivity contribution in [2.24, 2.45) is 0 Å². The quantitative estimate of drug-likeness (QED) is 0.826. The monoisotopic (exact) mass is 255 g/mol.